The SMILES string of the molecule is Cc1cccc(N2CCN(c3ccc(C(=O)NCc4cccnc4)cc3C(N)=O)CC2)c1. The number of hydrogen-bond donors (Lipinski definition) is 2. The minimum Gasteiger partial charge on any atom is -0.368 e. The van der Waals surface area contributed by atoms with Crippen molar-refractivity contribution in [2.24, 2.45) is 5.73 Å². The molecule has 2 aromatic carbocycles. The number of rotatable bonds is 6. The number of aromatic nitrogens is 1. The number of carbonyl (C=O) groups excluding carboxylic acids is 2. The summed E-state index contributed by atoms with van der Waals surface area (Å²) in [5.41, 5.74) is 10.6. The third kappa shape index (κ3) is 4.88. The topological polar surface area (TPSA) is 91.6 Å². The first kappa shape index (κ1) is 21.4. The minimum absolute atomic E-state index is 0.257. The number of piperazine rings is 1. The zero-order valence-corrected chi connectivity index (χ0v) is 18.1. The third-order valence-electron chi connectivity index (χ3n) is 5.69. The summed E-state index contributed by atoms with van der Waals surface area (Å²) in [5.74, 6) is -0.796. The van der Waals surface area contributed by atoms with Gasteiger partial charge in [0.2, 0.25) is 0 Å². The van der Waals surface area contributed by atoms with E-state index >= 15 is 0 Å². The van der Waals surface area contributed by atoms with Crippen LogP contribution in [0.3, 0.4) is 0 Å². The predicted molar refractivity (Wildman–Crippen MR) is 126 cm³/mol. The van der Waals surface area contributed by atoms with Crippen LogP contribution in [0.25, 0.3) is 0 Å². The lowest BCUT2D eigenvalue weighted by atomic mass is 10.1. The monoisotopic (exact) mass is 429 g/mol. The van der Waals surface area contributed by atoms with E-state index in [1.165, 1.54) is 11.3 Å². The molecule has 1 fully saturated rings. The van der Waals surface area contributed by atoms with Crippen molar-refractivity contribution in [3.8, 4) is 0 Å². The van der Waals surface area contributed by atoms with Crippen molar-refractivity contribution in [3.63, 3.8) is 0 Å². The standard InChI is InChI=1S/C25H27N5O2/c1-18-4-2-6-21(14-18)29-10-12-30(13-11-29)23-8-7-20(15-22(23)24(26)31)25(32)28-17-19-5-3-9-27-16-19/h2-9,14-16H,10-13,17H2,1H3,(H2,26,31)(H,28,32). The smallest absolute Gasteiger partial charge is 0.251 e. The van der Waals surface area contributed by atoms with E-state index in [9.17, 15) is 9.59 Å². The van der Waals surface area contributed by atoms with Gasteiger partial charge < -0.3 is 20.9 Å². The second kappa shape index (κ2) is 9.51. The molecule has 2 amide bonds. The van der Waals surface area contributed by atoms with Crippen molar-refractivity contribution in [1.82, 2.24) is 10.3 Å². The molecule has 1 aromatic heterocycles. The van der Waals surface area contributed by atoms with E-state index in [0.717, 1.165) is 37.4 Å². The molecular weight excluding hydrogens is 402 g/mol. The van der Waals surface area contributed by atoms with Crippen LogP contribution in [-0.2, 0) is 6.54 Å². The van der Waals surface area contributed by atoms with Crippen molar-refractivity contribution in [1.29, 1.82) is 0 Å². The van der Waals surface area contributed by atoms with Gasteiger partial charge in [-0.3, -0.25) is 14.6 Å². The number of nitrogens with two attached hydrogens (primary N) is 1. The third-order valence-corrected chi connectivity index (χ3v) is 5.69. The Kier molecular flexibility index (Phi) is 6.35. The number of aryl methyl sites for hydroxylation is 1. The van der Waals surface area contributed by atoms with Crippen molar-refractivity contribution >= 4 is 23.2 Å². The van der Waals surface area contributed by atoms with Gasteiger partial charge in [0.05, 0.1) is 5.56 Å². The molecule has 1 aliphatic rings. The van der Waals surface area contributed by atoms with E-state index in [1.54, 1.807) is 24.5 Å². The van der Waals surface area contributed by atoms with Gasteiger partial charge in [-0.25, -0.2) is 0 Å². The first-order chi connectivity index (χ1) is 15.5. The molecule has 7 heteroatoms. The molecule has 0 radical (unpaired) electrons. The number of carbonyl (C=O) groups is 2. The van der Waals surface area contributed by atoms with Crippen molar-refractivity contribution in [2.45, 2.75) is 13.5 Å². The highest BCUT2D eigenvalue weighted by Crippen LogP contribution is 2.25. The summed E-state index contributed by atoms with van der Waals surface area (Å²) in [7, 11) is 0. The molecule has 164 valence electrons. The lowest BCUT2D eigenvalue weighted by molar-refractivity contribution is 0.0951. The fourth-order valence-corrected chi connectivity index (χ4v) is 3.97. The van der Waals surface area contributed by atoms with Crippen LogP contribution >= 0.6 is 0 Å². The second-order valence-corrected chi connectivity index (χ2v) is 7.95. The number of amides is 2. The van der Waals surface area contributed by atoms with Gasteiger partial charge in [-0.05, 0) is 54.4 Å². The summed E-state index contributed by atoms with van der Waals surface area (Å²) < 4.78 is 0. The zero-order chi connectivity index (χ0) is 22.5. The Labute approximate surface area is 187 Å². The van der Waals surface area contributed by atoms with Crippen LogP contribution < -0.4 is 20.9 Å². The van der Waals surface area contributed by atoms with E-state index in [0.29, 0.717) is 17.7 Å². The zero-order valence-electron chi connectivity index (χ0n) is 18.1. The fourth-order valence-electron chi connectivity index (χ4n) is 3.97. The molecule has 0 aliphatic carbocycles. The van der Waals surface area contributed by atoms with Crippen LogP contribution in [0.2, 0.25) is 0 Å². The van der Waals surface area contributed by atoms with E-state index in [-0.39, 0.29) is 5.91 Å². The highest BCUT2D eigenvalue weighted by atomic mass is 16.2. The molecular formula is C25H27N5O2. The predicted octanol–water partition coefficient (Wildman–Crippen LogP) is 2.75. The van der Waals surface area contributed by atoms with Crippen LogP contribution in [0.4, 0.5) is 11.4 Å². The summed E-state index contributed by atoms with van der Waals surface area (Å²) in [6.07, 6.45) is 3.39. The highest BCUT2D eigenvalue weighted by molar-refractivity contribution is 6.03. The normalized spacial score (nSPS) is 13.7. The number of pyridine rings is 1. The number of nitrogens with zero attached hydrogens (tertiary/aromatic N) is 3. The summed E-state index contributed by atoms with van der Waals surface area (Å²) in [5, 5.41) is 2.86. The van der Waals surface area contributed by atoms with Crippen LogP contribution in [0, 0.1) is 6.92 Å². The summed E-state index contributed by atoms with van der Waals surface area (Å²) in [4.78, 5) is 33.3. The van der Waals surface area contributed by atoms with Gasteiger partial charge in [0.25, 0.3) is 11.8 Å². The average Bonchev–Trinajstić information content (AvgIpc) is 2.83. The van der Waals surface area contributed by atoms with Crippen molar-refractivity contribution in [3.05, 3.63) is 89.2 Å². The van der Waals surface area contributed by atoms with E-state index in [4.69, 9.17) is 5.73 Å². The molecule has 0 bridgehead atoms. The minimum atomic E-state index is -0.539. The first-order valence-electron chi connectivity index (χ1n) is 10.7. The Morgan fingerprint density at radius 3 is 2.47 bits per heavy atom. The van der Waals surface area contributed by atoms with Gasteiger partial charge in [-0.1, -0.05) is 18.2 Å². The molecule has 7 nitrogen and oxygen atoms in total. The summed E-state index contributed by atoms with van der Waals surface area (Å²) >= 11 is 0. The Morgan fingerprint density at radius 1 is 1.00 bits per heavy atom. The van der Waals surface area contributed by atoms with Gasteiger partial charge in [0.1, 0.15) is 0 Å². The van der Waals surface area contributed by atoms with Gasteiger partial charge in [0, 0.05) is 62.1 Å². The van der Waals surface area contributed by atoms with Crippen LogP contribution in [0.1, 0.15) is 31.8 Å². The average molecular weight is 430 g/mol. The fraction of sp³-hybridized carbons (Fsp3) is 0.240. The van der Waals surface area contributed by atoms with Gasteiger partial charge in [-0.2, -0.15) is 0 Å². The molecule has 1 saturated heterocycles. The molecule has 2 heterocycles. The number of hydrogen-bond acceptors (Lipinski definition) is 5. The molecule has 0 saturated carbocycles. The van der Waals surface area contributed by atoms with E-state index in [1.807, 2.05) is 18.2 Å². The van der Waals surface area contributed by atoms with Crippen molar-refractivity contribution < 1.29 is 9.59 Å². The Balaban J connectivity index is 1.45. The van der Waals surface area contributed by atoms with Gasteiger partial charge in [0.15, 0.2) is 0 Å². The molecule has 4 rings (SSSR count). The number of nitrogens with one attached hydrogen (secondary N) is 1. The number of benzene rings is 2. The van der Waals surface area contributed by atoms with Crippen LogP contribution in [-0.4, -0.2) is 43.0 Å². The number of primary amides is 1. The van der Waals surface area contributed by atoms with E-state index < -0.39 is 5.91 Å². The van der Waals surface area contributed by atoms with Gasteiger partial charge in [-0.15, -0.1) is 0 Å². The summed E-state index contributed by atoms with van der Waals surface area (Å²) in [6, 6.07) is 17.3. The highest BCUT2D eigenvalue weighted by Gasteiger charge is 2.22. The quantitative estimate of drug-likeness (QED) is 0.629. The van der Waals surface area contributed by atoms with Crippen LogP contribution in [0.5, 0.6) is 0 Å². The summed E-state index contributed by atoms with van der Waals surface area (Å²) in [6.45, 7) is 5.67. The molecule has 32 heavy (non-hydrogen) atoms. The molecule has 1 aliphatic heterocycles. The maximum absolute atomic E-state index is 12.6. The Morgan fingerprint density at radius 2 is 1.78 bits per heavy atom. The molecule has 3 N–H and O–H groups in total. The van der Waals surface area contributed by atoms with Crippen molar-refractivity contribution in [2.75, 3.05) is 36.0 Å². The van der Waals surface area contributed by atoms with Gasteiger partial charge >= 0.3 is 0 Å². The van der Waals surface area contributed by atoms with Crippen LogP contribution in [0.15, 0.2) is 67.0 Å². The largest absolute Gasteiger partial charge is 0.368 e. The Bertz CT molecular complexity index is 1110. The van der Waals surface area contributed by atoms with E-state index in [2.05, 4.69) is 51.3 Å². The lowest BCUT2D eigenvalue weighted by Gasteiger charge is -2.38. The lowest BCUT2D eigenvalue weighted by Crippen LogP contribution is -2.47. The second-order valence-electron chi connectivity index (χ2n) is 7.95. The maximum atomic E-state index is 12.6. The first-order valence-corrected chi connectivity index (χ1v) is 10.7. The molecule has 0 atom stereocenters. The Hall–Kier alpha value is -3.87. The molecule has 0 spiro atoms. The number of anilines is 2. The maximum Gasteiger partial charge on any atom is 0.251 e. The molecule has 3 aromatic rings. The molecule has 0 unspecified atom stereocenters.